The summed E-state index contributed by atoms with van der Waals surface area (Å²) in [5.74, 6) is 1.49. The number of aromatic nitrogens is 4. The molecule has 11 heteroatoms. The first-order valence-electron chi connectivity index (χ1n) is 14.3. The highest BCUT2D eigenvalue weighted by Crippen LogP contribution is 2.30. The van der Waals surface area contributed by atoms with Crippen molar-refractivity contribution in [3.05, 3.63) is 64.9 Å². The van der Waals surface area contributed by atoms with E-state index in [9.17, 15) is 14.7 Å². The number of ketones is 1. The molecule has 1 fully saturated rings. The van der Waals surface area contributed by atoms with Crippen LogP contribution in [0.15, 0.2) is 36.9 Å². The lowest BCUT2D eigenvalue weighted by atomic mass is 9.94. The Morgan fingerprint density at radius 2 is 2.05 bits per heavy atom. The number of β-amino-alcohol motifs (C(OH)–C–C–N with tert-alkyl or cyclic N) is 1. The van der Waals surface area contributed by atoms with Crippen LogP contribution in [-0.4, -0.2) is 85.1 Å². The fourth-order valence-corrected chi connectivity index (χ4v) is 5.66. The van der Waals surface area contributed by atoms with Crippen molar-refractivity contribution in [2.45, 2.75) is 71.2 Å². The molecule has 2 aliphatic rings. The first kappa shape index (κ1) is 28.7. The predicted molar refractivity (Wildman–Crippen MR) is 154 cm³/mol. The van der Waals surface area contributed by atoms with Gasteiger partial charge in [-0.25, -0.2) is 9.97 Å². The van der Waals surface area contributed by atoms with Crippen LogP contribution in [0.4, 0.5) is 5.82 Å². The topological polar surface area (TPSA) is 137 Å². The van der Waals surface area contributed by atoms with E-state index in [1.807, 2.05) is 17.2 Å². The number of anilines is 1. The molecule has 5 rings (SSSR count). The molecule has 0 bridgehead atoms. The quantitative estimate of drug-likeness (QED) is 0.302. The van der Waals surface area contributed by atoms with Crippen molar-refractivity contribution in [3.8, 4) is 5.75 Å². The van der Waals surface area contributed by atoms with E-state index in [2.05, 4.69) is 43.4 Å². The van der Waals surface area contributed by atoms with E-state index in [1.165, 1.54) is 17.5 Å². The zero-order valence-electron chi connectivity index (χ0n) is 23.8. The van der Waals surface area contributed by atoms with Crippen molar-refractivity contribution in [2.24, 2.45) is 0 Å². The first-order valence-corrected chi connectivity index (χ1v) is 14.3. The number of nitrogens with one attached hydrogen (secondary N) is 2. The number of aliphatic hydroxyl groups is 1. The Bertz CT molecular complexity index is 1340. The Labute approximate surface area is 240 Å². The summed E-state index contributed by atoms with van der Waals surface area (Å²) in [6.07, 6.45) is 7.53. The van der Waals surface area contributed by atoms with E-state index < -0.39 is 6.10 Å². The normalized spacial score (nSPS) is 16.7. The zero-order valence-corrected chi connectivity index (χ0v) is 23.8. The second-order valence-electron chi connectivity index (χ2n) is 11.0. The molecule has 3 aromatic rings. The SMILES string of the molecule is CC(=O)N1CCC(Nc2cc(C(=O)CC[C@H](O)CN3CCc4c(ccc(OCc5cn[nH]c5)c4C)C3)ncn2)CC1. The number of H-pyrrole nitrogens is 1. The van der Waals surface area contributed by atoms with E-state index in [-0.39, 0.29) is 24.2 Å². The van der Waals surface area contributed by atoms with Crippen LogP contribution in [0.3, 0.4) is 0 Å². The van der Waals surface area contributed by atoms with Crippen LogP contribution in [0, 0.1) is 6.92 Å². The van der Waals surface area contributed by atoms with Gasteiger partial charge in [-0.1, -0.05) is 6.07 Å². The van der Waals surface area contributed by atoms with E-state index >= 15 is 0 Å². The van der Waals surface area contributed by atoms with Gasteiger partial charge < -0.3 is 20.1 Å². The van der Waals surface area contributed by atoms with Gasteiger partial charge in [-0.15, -0.1) is 0 Å². The average molecular weight is 562 g/mol. The molecule has 0 spiro atoms. The minimum atomic E-state index is -0.606. The summed E-state index contributed by atoms with van der Waals surface area (Å²) < 4.78 is 6.02. The fourth-order valence-electron chi connectivity index (χ4n) is 5.66. The predicted octanol–water partition coefficient (Wildman–Crippen LogP) is 2.89. The summed E-state index contributed by atoms with van der Waals surface area (Å²) in [5.41, 5.74) is 5.08. The third-order valence-corrected chi connectivity index (χ3v) is 8.09. The number of carbonyl (C=O) groups excluding carboxylic acids is 2. The highest BCUT2D eigenvalue weighted by atomic mass is 16.5. The van der Waals surface area contributed by atoms with Gasteiger partial charge in [0.05, 0.1) is 12.3 Å². The van der Waals surface area contributed by atoms with Gasteiger partial charge in [0.15, 0.2) is 5.78 Å². The number of hydrogen-bond acceptors (Lipinski definition) is 9. The van der Waals surface area contributed by atoms with Crippen LogP contribution < -0.4 is 10.1 Å². The smallest absolute Gasteiger partial charge is 0.219 e. The minimum absolute atomic E-state index is 0.0996. The maximum Gasteiger partial charge on any atom is 0.219 e. The number of benzene rings is 1. The number of aromatic amines is 1. The van der Waals surface area contributed by atoms with E-state index in [4.69, 9.17) is 4.74 Å². The van der Waals surface area contributed by atoms with E-state index in [1.54, 1.807) is 19.2 Å². The van der Waals surface area contributed by atoms with Gasteiger partial charge in [-0.2, -0.15) is 5.10 Å². The Kier molecular flexibility index (Phi) is 9.25. The second kappa shape index (κ2) is 13.2. The maximum atomic E-state index is 12.9. The summed E-state index contributed by atoms with van der Waals surface area (Å²) in [4.78, 5) is 36.9. The minimum Gasteiger partial charge on any atom is -0.489 e. The lowest BCUT2D eigenvalue weighted by molar-refractivity contribution is -0.129. The molecule has 218 valence electrons. The van der Waals surface area contributed by atoms with E-state index in [0.717, 1.165) is 49.2 Å². The molecule has 2 aromatic heterocycles. The second-order valence-corrected chi connectivity index (χ2v) is 11.0. The summed E-state index contributed by atoms with van der Waals surface area (Å²) in [6, 6.07) is 6.02. The molecule has 11 nitrogen and oxygen atoms in total. The third-order valence-electron chi connectivity index (χ3n) is 8.09. The lowest BCUT2D eigenvalue weighted by Crippen LogP contribution is -2.41. The van der Waals surface area contributed by atoms with Gasteiger partial charge in [-0.05, 0) is 55.4 Å². The standard InChI is InChI=1S/C30H39N7O4/c1-20-26-9-10-36(16-23(26)3-6-29(20)41-18-22-14-33-34-15-22)17-25(39)4-5-28(40)27-13-30(32-19-31-27)35-24-7-11-37(12-8-24)21(2)38/h3,6,13-15,19,24-25,39H,4-5,7-12,16-18H2,1-2H3,(H,33,34)(H,31,32,35)/t25-/m0/s1. The highest BCUT2D eigenvalue weighted by molar-refractivity contribution is 5.94. The Hall–Kier alpha value is -3.83. The summed E-state index contributed by atoms with van der Waals surface area (Å²) >= 11 is 0. The number of likely N-dealkylation sites (tertiary alicyclic amines) is 1. The van der Waals surface area contributed by atoms with Gasteiger partial charge in [0.25, 0.3) is 0 Å². The number of fused-ring (bicyclic) bond motifs is 1. The van der Waals surface area contributed by atoms with Crippen molar-refractivity contribution in [3.63, 3.8) is 0 Å². The van der Waals surface area contributed by atoms with Crippen LogP contribution in [0.5, 0.6) is 5.75 Å². The third kappa shape index (κ3) is 7.47. The average Bonchev–Trinajstić information content (AvgIpc) is 3.50. The molecule has 4 heterocycles. The molecule has 1 amide bonds. The molecule has 0 aliphatic carbocycles. The number of hydrogen-bond donors (Lipinski definition) is 3. The Morgan fingerprint density at radius 3 is 2.80 bits per heavy atom. The molecular weight excluding hydrogens is 522 g/mol. The van der Waals surface area contributed by atoms with Gasteiger partial charge >= 0.3 is 0 Å². The number of nitrogens with zero attached hydrogens (tertiary/aromatic N) is 5. The van der Waals surface area contributed by atoms with Crippen LogP contribution in [0.2, 0.25) is 0 Å². The Morgan fingerprint density at radius 1 is 1.22 bits per heavy atom. The van der Waals surface area contributed by atoms with Gasteiger partial charge in [0.1, 0.15) is 30.2 Å². The molecule has 0 saturated carbocycles. The summed E-state index contributed by atoms with van der Waals surface area (Å²) in [6.45, 7) is 7.72. The van der Waals surface area contributed by atoms with Crippen molar-refractivity contribution in [1.29, 1.82) is 0 Å². The van der Waals surface area contributed by atoms with Crippen molar-refractivity contribution >= 4 is 17.5 Å². The zero-order chi connectivity index (χ0) is 28.8. The fraction of sp³-hybridized carbons (Fsp3) is 0.500. The molecule has 2 aliphatic heterocycles. The largest absolute Gasteiger partial charge is 0.489 e. The van der Waals surface area contributed by atoms with Crippen LogP contribution in [-0.2, 0) is 24.4 Å². The van der Waals surface area contributed by atoms with Gasteiger partial charge in [0, 0.05) is 69.9 Å². The number of amides is 1. The summed E-state index contributed by atoms with van der Waals surface area (Å²) in [5, 5.41) is 20.9. The molecule has 3 N–H and O–H groups in total. The lowest BCUT2D eigenvalue weighted by Gasteiger charge is -2.32. The number of carbonyl (C=O) groups is 2. The van der Waals surface area contributed by atoms with Crippen LogP contribution in [0.1, 0.15) is 65.3 Å². The van der Waals surface area contributed by atoms with Gasteiger partial charge in [0.2, 0.25) is 5.91 Å². The van der Waals surface area contributed by atoms with Crippen molar-refractivity contribution in [2.75, 3.05) is 31.5 Å². The van der Waals surface area contributed by atoms with Crippen LogP contribution >= 0.6 is 0 Å². The molecule has 1 aromatic carbocycles. The van der Waals surface area contributed by atoms with Crippen LogP contribution in [0.25, 0.3) is 0 Å². The number of rotatable bonds is 11. The molecule has 1 saturated heterocycles. The van der Waals surface area contributed by atoms with Crippen molar-refractivity contribution < 1.29 is 19.4 Å². The summed E-state index contributed by atoms with van der Waals surface area (Å²) in [7, 11) is 0. The molecule has 0 unspecified atom stereocenters. The number of aliphatic hydroxyl groups excluding tert-OH is 1. The highest BCUT2D eigenvalue weighted by Gasteiger charge is 2.23. The molecular formula is C30H39N7O4. The van der Waals surface area contributed by atoms with E-state index in [0.29, 0.717) is 44.2 Å². The van der Waals surface area contributed by atoms with Gasteiger partial charge in [-0.3, -0.25) is 19.6 Å². The number of piperidine rings is 1. The Balaban J connectivity index is 1.07. The maximum absolute atomic E-state index is 12.9. The molecule has 41 heavy (non-hydrogen) atoms. The van der Waals surface area contributed by atoms with Crippen molar-refractivity contribution in [1.82, 2.24) is 30.0 Å². The molecule has 1 atom stereocenters. The molecule has 0 radical (unpaired) electrons. The number of Topliss-reactive ketones (excluding diaryl/α,β-unsaturated/α-hetero) is 1. The number of ether oxygens (including phenoxy) is 1. The first-order chi connectivity index (χ1) is 19.9. The monoisotopic (exact) mass is 561 g/mol.